The molecule has 1 N–H and O–H groups in total. The molecule has 1 saturated carbocycles. The van der Waals surface area contributed by atoms with E-state index in [1.165, 1.54) is 19.3 Å². The molecule has 2 aliphatic heterocycles. The molecule has 0 aromatic rings. The molecule has 2 heterocycles. The number of amides is 3. The monoisotopic (exact) mass is 336 g/mol. The summed E-state index contributed by atoms with van der Waals surface area (Å²) in [5.41, 5.74) is 0. The molecule has 0 radical (unpaired) electrons. The highest BCUT2D eigenvalue weighted by Gasteiger charge is 2.30. The van der Waals surface area contributed by atoms with Crippen LogP contribution in [0.2, 0.25) is 0 Å². The molecular formula is C17H28N4O3. The van der Waals surface area contributed by atoms with Crippen LogP contribution in [-0.4, -0.2) is 84.8 Å². The molecule has 0 unspecified atom stereocenters. The van der Waals surface area contributed by atoms with Crippen LogP contribution in [0.15, 0.2) is 0 Å². The normalized spacial score (nSPS) is 23.9. The number of carbonyl (C=O) groups excluding carboxylic acids is 3. The summed E-state index contributed by atoms with van der Waals surface area (Å²) in [6.07, 6.45) is 5.68. The van der Waals surface area contributed by atoms with Crippen LogP contribution in [-0.2, 0) is 14.4 Å². The minimum absolute atomic E-state index is 0.0110. The van der Waals surface area contributed by atoms with Gasteiger partial charge in [0.15, 0.2) is 0 Å². The van der Waals surface area contributed by atoms with Gasteiger partial charge in [0, 0.05) is 45.2 Å². The van der Waals surface area contributed by atoms with Crippen LogP contribution in [0.25, 0.3) is 0 Å². The first kappa shape index (κ1) is 17.2. The molecule has 7 heteroatoms. The third kappa shape index (κ3) is 4.26. The lowest BCUT2D eigenvalue weighted by Crippen LogP contribution is -2.55. The maximum atomic E-state index is 12.6. The lowest BCUT2D eigenvalue weighted by atomic mass is 9.88. The smallest absolute Gasteiger partial charge is 0.239 e. The number of nitrogens with one attached hydrogen (secondary N) is 1. The molecule has 3 amide bonds. The summed E-state index contributed by atoms with van der Waals surface area (Å²) in [7, 11) is 0. The van der Waals surface area contributed by atoms with E-state index in [1.807, 2.05) is 4.90 Å². The van der Waals surface area contributed by atoms with E-state index in [1.54, 1.807) is 4.90 Å². The van der Waals surface area contributed by atoms with E-state index in [2.05, 4.69) is 10.2 Å². The van der Waals surface area contributed by atoms with E-state index in [0.717, 1.165) is 25.9 Å². The molecule has 0 bridgehead atoms. The van der Waals surface area contributed by atoms with E-state index in [0.29, 0.717) is 38.6 Å². The molecule has 7 nitrogen and oxygen atoms in total. The average molecular weight is 336 g/mol. The van der Waals surface area contributed by atoms with Crippen molar-refractivity contribution in [3.05, 3.63) is 0 Å². The second kappa shape index (κ2) is 7.96. The Kier molecular flexibility index (Phi) is 5.71. The number of rotatable bonds is 3. The van der Waals surface area contributed by atoms with E-state index in [9.17, 15) is 14.4 Å². The van der Waals surface area contributed by atoms with Crippen LogP contribution in [0, 0.1) is 5.92 Å². The first-order valence-electron chi connectivity index (χ1n) is 9.19. The Labute approximate surface area is 143 Å². The summed E-state index contributed by atoms with van der Waals surface area (Å²) in [4.78, 5) is 41.9. The zero-order chi connectivity index (χ0) is 16.9. The van der Waals surface area contributed by atoms with Gasteiger partial charge in [0.05, 0.1) is 13.1 Å². The van der Waals surface area contributed by atoms with Gasteiger partial charge in [-0.1, -0.05) is 19.3 Å². The van der Waals surface area contributed by atoms with Gasteiger partial charge in [-0.3, -0.25) is 19.3 Å². The van der Waals surface area contributed by atoms with Crippen LogP contribution < -0.4 is 5.32 Å². The number of piperazine rings is 2. The summed E-state index contributed by atoms with van der Waals surface area (Å²) < 4.78 is 0. The zero-order valence-corrected chi connectivity index (χ0v) is 14.3. The van der Waals surface area contributed by atoms with Gasteiger partial charge in [-0.15, -0.1) is 0 Å². The van der Waals surface area contributed by atoms with Gasteiger partial charge in [0.1, 0.15) is 0 Å². The molecule has 134 valence electrons. The van der Waals surface area contributed by atoms with E-state index >= 15 is 0 Å². The highest BCUT2D eigenvalue weighted by Crippen LogP contribution is 2.25. The average Bonchev–Trinajstić information content (AvgIpc) is 2.62. The lowest BCUT2D eigenvalue weighted by molar-refractivity contribution is -0.141. The van der Waals surface area contributed by atoms with Crippen molar-refractivity contribution in [2.24, 2.45) is 5.92 Å². The Morgan fingerprint density at radius 1 is 0.958 bits per heavy atom. The van der Waals surface area contributed by atoms with Crippen molar-refractivity contribution in [1.29, 1.82) is 0 Å². The summed E-state index contributed by atoms with van der Waals surface area (Å²) in [6, 6.07) is 0. The fourth-order valence-corrected chi connectivity index (χ4v) is 3.88. The van der Waals surface area contributed by atoms with Crippen molar-refractivity contribution in [1.82, 2.24) is 20.0 Å². The fraction of sp³-hybridized carbons (Fsp3) is 0.824. The second-order valence-corrected chi connectivity index (χ2v) is 7.10. The van der Waals surface area contributed by atoms with Gasteiger partial charge in [-0.05, 0) is 12.8 Å². The quantitative estimate of drug-likeness (QED) is 0.766. The van der Waals surface area contributed by atoms with Crippen LogP contribution in [0.3, 0.4) is 0 Å². The molecule has 0 spiro atoms. The Morgan fingerprint density at radius 3 is 2.33 bits per heavy atom. The standard InChI is InChI=1S/C17H28N4O3/c22-15-12-21(7-6-18-15)16(23)13-19-8-10-20(11-9-19)17(24)14-4-2-1-3-5-14/h14H,1-13H2,(H,18,22). The first-order chi connectivity index (χ1) is 11.6. The summed E-state index contributed by atoms with van der Waals surface area (Å²) in [6.45, 7) is 4.54. The molecule has 2 saturated heterocycles. The van der Waals surface area contributed by atoms with Crippen molar-refractivity contribution >= 4 is 17.7 Å². The molecule has 0 atom stereocenters. The van der Waals surface area contributed by atoms with Crippen LogP contribution in [0.1, 0.15) is 32.1 Å². The Balaban J connectivity index is 1.42. The van der Waals surface area contributed by atoms with Crippen molar-refractivity contribution in [2.45, 2.75) is 32.1 Å². The summed E-state index contributed by atoms with van der Waals surface area (Å²) in [5.74, 6) is 0.460. The van der Waals surface area contributed by atoms with Crippen molar-refractivity contribution in [3.8, 4) is 0 Å². The number of hydrogen-bond acceptors (Lipinski definition) is 4. The molecule has 24 heavy (non-hydrogen) atoms. The highest BCUT2D eigenvalue weighted by atomic mass is 16.2. The minimum atomic E-state index is -0.0857. The largest absolute Gasteiger partial charge is 0.353 e. The Hall–Kier alpha value is -1.63. The van der Waals surface area contributed by atoms with E-state index in [-0.39, 0.29) is 24.3 Å². The third-order valence-electron chi connectivity index (χ3n) is 5.39. The third-order valence-corrected chi connectivity index (χ3v) is 5.39. The SMILES string of the molecule is O=C1CN(C(=O)CN2CCN(C(=O)C3CCCCC3)CC2)CCN1. The van der Waals surface area contributed by atoms with Crippen LogP contribution in [0.4, 0.5) is 0 Å². The molecule has 3 rings (SSSR count). The maximum absolute atomic E-state index is 12.6. The zero-order valence-electron chi connectivity index (χ0n) is 14.3. The number of hydrogen-bond donors (Lipinski definition) is 1. The predicted molar refractivity (Wildman–Crippen MR) is 89.2 cm³/mol. The summed E-state index contributed by atoms with van der Waals surface area (Å²) >= 11 is 0. The van der Waals surface area contributed by atoms with Gasteiger partial charge in [-0.25, -0.2) is 0 Å². The molecule has 3 aliphatic rings. The molecule has 1 aliphatic carbocycles. The van der Waals surface area contributed by atoms with Crippen molar-refractivity contribution < 1.29 is 14.4 Å². The van der Waals surface area contributed by atoms with Crippen molar-refractivity contribution in [2.75, 3.05) is 52.4 Å². The first-order valence-corrected chi connectivity index (χ1v) is 9.19. The van der Waals surface area contributed by atoms with Gasteiger partial charge < -0.3 is 15.1 Å². The molecular weight excluding hydrogens is 308 g/mol. The van der Waals surface area contributed by atoms with Gasteiger partial charge in [-0.2, -0.15) is 0 Å². The second-order valence-electron chi connectivity index (χ2n) is 7.10. The number of carbonyl (C=O) groups is 3. The van der Waals surface area contributed by atoms with Gasteiger partial charge >= 0.3 is 0 Å². The Bertz CT molecular complexity index is 482. The van der Waals surface area contributed by atoms with Gasteiger partial charge in [0.25, 0.3) is 0 Å². The van der Waals surface area contributed by atoms with E-state index < -0.39 is 0 Å². The van der Waals surface area contributed by atoms with E-state index in [4.69, 9.17) is 0 Å². The van der Waals surface area contributed by atoms with Gasteiger partial charge in [0.2, 0.25) is 17.7 Å². The van der Waals surface area contributed by atoms with Crippen LogP contribution in [0.5, 0.6) is 0 Å². The maximum Gasteiger partial charge on any atom is 0.239 e. The Morgan fingerprint density at radius 2 is 1.67 bits per heavy atom. The summed E-state index contributed by atoms with van der Waals surface area (Å²) in [5, 5.41) is 2.73. The minimum Gasteiger partial charge on any atom is -0.353 e. The fourth-order valence-electron chi connectivity index (χ4n) is 3.88. The lowest BCUT2D eigenvalue weighted by Gasteiger charge is -2.37. The number of nitrogens with zero attached hydrogens (tertiary/aromatic N) is 3. The van der Waals surface area contributed by atoms with Crippen LogP contribution >= 0.6 is 0 Å². The topological polar surface area (TPSA) is 73.0 Å². The molecule has 0 aromatic carbocycles. The predicted octanol–water partition coefficient (Wildman–Crippen LogP) is -0.331. The molecule has 0 aromatic heterocycles. The molecule has 3 fully saturated rings. The highest BCUT2D eigenvalue weighted by molar-refractivity contribution is 5.86. The van der Waals surface area contributed by atoms with Crippen molar-refractivity contribution in [3.63, 3.8) is 0 Å².